The Morgan fingerprint density at radius 2 is 1.31 bits per heavy atom. The molecule has 1 atom stereocenters. The van der Waals surface area contributed by atoms with Crippen LogP contribution in [-0.2, 0) is 0 Å². The first kappa shape index (κ1) is 27.7. The van der Waals surface area contributed by atoms with Gasteiger partial charge in [-0.05, 0) is 69.4 Å². The summed E-state index contributed by atoms with van der Waals surface area (Å²) in [7, 11) is 0. The summed E-state index contributed by atoms with van der Waals surface area (Å²) in [4.78, 5) is 15.6. The number of furan rings is 1. The second-order valence-electron chi connectivity index (χ2n) is 12.7. The first-order valence-corrected chi connectivity index (χ1v) is 16.7. The summed E-state index contributed by atoms with van der Waals surface area (Å²) in [5, 5.41) is 6.81. The van der Waals surface area contributed by atoms with Crippen LogP contribution in [0.3, 0.4) is 0 Å². The molecule has 2 aliphatic rings. The Morgan fingerprint density at radius 3 is 2.22 bits per heavy atom. The van der Waals surface area contributed by atoms with Crippen molar-refractivity contribution in [2.24, 2.45) is 5.92 Å². The fourth-order valence-electron chi connectivity index (χ4n) is 7.37. The van der Waals surface area contributed by atoms with Crippen LogP contribution in [0, 0.1) is 5.92 Å². The normalized spacial score (nSPS) is 15.6. The number of hydrogen-bond acceptors (Lipinski definition) is 4. The summed E-state index contributed by atoms with van der Waals surface area (Å²) in [5.41, 5.74) is 7.94. The predicted molar refractivity (Wildman–Crippen MR) is 201 cm³/mol. The Morgan fingerprint density at radius 1 is 0.571 bits per heavy atom. The maximum absolute atomic E-state index is 6.60. The van der Waals surface area contributed by atoms with Crippen LogP contribution >= 0.6 is 0 Å². The molecular formula is C45H29N3O. The van der Waals surface area contributed by atoms with Gasteiger partial charge in [0, 0.05) is 39.0 Å². The molecule has 6 aromatic carbocycles. The van der Waals surface area contributed by atoms with Gasteiger partial charge in [-0.3, -0.25) is 0 Å². The minimum absolute atomic E-state index is 0.380. The maximum atomic E-state index is 6.60. The highest BCUT2D eigenvalue weighted by Gasteiger charge is 2.23. The molecule has 0 bridgehead atoms. The molecule has 230 valence electrons. The van der Waals surface area contributed by atoms with Gasteiger partial charge in [0.15, 0.2) is 17.5 Å². The number of hydrogen-bond donors (Lipinski definition) is 0. The lowest BCUT2D eigenvalue weighted by Gasteiger charge is -2.21. The molecule has 4 heteroatoms. The standard InChI is InChI=1S/C45H29N3O/c1-2-11-29(12-3-1)36-24-25-38(41-37-16-8-9-17-40(37)49-42(36)41)45-47-43(33-22-18-28-10-4-5-14-32(28)26-33)46-44(48-45)34-23-21-31-20-19-30-13-6-7-15-35(30)39(31)27-34/h1-17,19-28H,18H2. The molecule has 2 aliphatic carbocycles. The molecule has 0 amide bonds. The highest BCUT2D eigenvalue weighted by Crippen LogP contribution is 2.42. The first-order chi connectivity index (χ1) is 24.3. The molecular weight excluding hydrogens is 599 g/mol. The molecule has 49 heavy (non-hydrogen) atoms. The van der Waals surface area contributed by atoms with E-state index in [1.165, 1.54) is 27.1 Å². The van der Waals surface area contributed by atoms with Crippen molar-refractivity contribution in [2.75, 3.05) is 0 Å². The van der Waals surface area contributed by atoms with Crippen molar-refractivity contribution in [1.29, 1.82) is 0 Å². The largest absolute Gasteiger partial charge is 0.455 e. The van der Waals surface area contributed by atoms with E-state index in [-0.39, 0.29) is 0 Å². The molecule has 0 saturated carbocycles. The minimum atomic E-state index is 0.380. The number of benzene rings is 6. The Balaban J connectivity index is 1.23. The highest BCUT2D eigenvalue weighted by molar-refractivity contribution is 6.16. The zero-order valence-electron chi connectivity index (χ0n) is 26.5. The number of aromatic nitrogens is 3. The van der Waals surface area contributed by atoms with Crippen molar-refractivity contribution in [1.82, 2.24) is 15.0 Å². The first-order valence-electron chi connectivity index (χ1n) is 16.7. The summed E-state index contributed by atoms with van der Waals surface area (Å²) in [5.74, 6) is 2.31. The van der Waals surface area contributed by atoms with Gasteiger partial charge in [0.2, 0.25) is 0 Å². The minimum Gasteiger partial charge on any atom is -0.455 e. The molecule has 2 aromatic heterocycles. The zero-order chi connectivity index (χ0) is 32.3. The summed E-state index contributed by atoms with van der Waals surface area (Å²) in [6, 6.07) is 42.3. The van der Waals surface area contributed by atoms with Crippen LogP contribution < -0.4 is 0 Å². The zero-order valence-corrected chi connectivity index (χ0v) is 26.5. The van der Waals surface area contributed by atoms with E-state index in [9.17, 15) is 0 Å². The van der Waals surface area contributed by atoms with Crippen LogP contribution in [0.15, 0.2) is 168 Å². The lowest BCUT2D eigenvalue weighted by atomic mass is 9.85. The van der Waals surface area contributed by atoms with E-state index in [0.717, 1.165) is 56.2 Å². The second-order valence-corrected chi connectivity index (χ2v) is 12.7. The van der Waals surface area contributed by atoms with Gasteiger partial charge < -0.3 is 4.42 Å². The molecule has 4 nitrogen and oxygen atoms in total. The van der Waals surface area contributed by atoms with Crippen molar-refractivity contribution >= 4 is 49.1 Å². The van der Waals surface area contributed by atoms with E-state index >= 15 is 0 Å². The van der Waals surface area contributed by atoms with Gasteiger partial charge in [0.25, 0.3) is 0 Å². The van der Waals surface area contributed by atoms with Crippen LogP contribution in [0.4, 0.5) is 0 Å². The van der Waals surface area contributed by atoms with Gasteiger partial charge in [-0.15, -0.1) is 0 Å². The van der Waals surface area contributed by atoms with Gasteiger partial charge in [0.1, 0.15) is 11.2 Å². The lowest BCUT2D eigenvalue weighted by molar-refractivity contribution is 0.670. The smallest absolute Gasteiger partial charge is 0.164 e. The summed E-state index contributed by atoms with van der Waals surface area (Å²) < 4.78 is 6.60. The van der Waals surface area contributed by atoms with Crippen molar-refractivity contribution in [3.63, 3.8) is 0 Å². The van der Waals surface area contributed by atoms with Crippen molar-refractivity contribution in [3.8, 4) is 33.9 Å². The van der Waals surface area contributed by atoms with Gasteiger partial charge >= 0.3 is 0 Å². The lowest BCUT2D eigenvalue weighted by Crippen LogP contribution is -2.08. The fourth-order valence-corrected chi connectivity index (χ4v) is 7.37. The maximum Gasteiger partial charge on any atom is 0.164 e. The quantitative estimate of drug-likeness (QED) is 0.182. The van der Waals surface area contributed by atoms with Crippen LogP contribution in [-0.4, -0.2) is 15.0 Å². The molecule has 8 aromatic rings. The Bertz CT molecular complexity index is 2750. The third-order valence-corrected chi connectivity index (χ3v) is 9.84. The van der Waals surface area contributed by atoms with Crippen LogP contribution in [0.25, 0.3) is 83.0 Å². The Labute approximate surface area is 283 Å². The number of fused-ring (bicyclic) bond motifs is 7. The molecule has 0 saturated heterocycles. The average molecular weight is 628 g/mol. The SMILES string of the molecule is C1=CC2=CC(c3nc(-c4ccc5ccc6ccccc6c5c4)nc(-c4ccc(-c5ccccc5)c5oc6ccccc6c45)n3)=CCC2C=C1. The summed E-state index contributed by atoms with van der Waals surface area (Å²) >= 11 is 0. The van der Waals surface area contributed by atoms with E-state index in [1.807, 2.05) is 18.2 Å². The van der Waals surface area contributed by atoms with Crippen molar-refractivity contribution in [2.45, 2.75) is 6.42 Å². The van der Waals surface area contributed by atoms with Crippen LogP contribution in [0.1, 0.15) is 12.2 Å². The van der Waals surface area contributed by atoms with Gasteiger partial charge in [-0.2, -0.15) is 0 Å². The van der Waals surface area contributed by atoms with Crippen LogP contribution in [0.2, 0.25) is 0 Å². The number of allylic oxidation sites excluding steroid dienone is 8. The topological polar surface area (TPSA) is 51.8 Å². The fraction of sp³-hybridized carbons (Fsp3) is 0.0444. The molecule has 0 N–H and O–H groups in total. The number of nitrogens with zero attached hydrogens (tertiary/aromatic N) is 3. The van der Waals surface area contributed by atoms with Gasteiger partial charge in [-0.1, -0.05) is 127 Å². The molecule has 1 unspecified atom stereocenters. The van der Waals surface area contributed by atoms with Crippen molar-refractivity contribution in [3.05, 3.63) is 169 Å². The Hall–Kier alpha value is -6.39. The number of para-hydroxylation sites is 1. The summed E-state index contributed by atoms with van der Waals surface area (Å²) in [6.45, 7) is 0. The summed E-state index contributed by atoms with van der Waals surface area (Å²) in [6.07, 6.45) is 14.1. The average Bonchev–Trinajstić information content (AvgIpc) is 3.57. The Kier molecular flexibility index (Phi) is 6.28. The molecule has 10 rings (SSSR count). The molecule has 0 radical (unpaired) electrons. The molecule has 0 spiro atoms. The molecule has 2 heterocycles. The van der Waals surface area contributed by atoms with E-state index in [1.54, 1.807) is 0 Å². The van der Waals surface area contributed by atoms with E-state index in [0.29, 0.717) is 23.4 Å². The van der Waals surface area contributed by atoms with Crippen LogP contribution in [0.5, 0.6) is 0 Å². The molecule has 0 fully saturated rings. The van der Waals surface area contributed by atoms with Gasteiger partial charge in [0.05, 0.1) is 0 Å². The third-order valence-electron chi connectivity index (χ3n) is 9.84. The monoisotopic (exact) mass is 627 g/mol. The molecule has 0 aliphatic heterocycles. The van der Waals surface area contributed by atoms with Crippen molar-refractivity contribution < 1.29 is 4.42 Å². The van der Waals surface area contributed by atoms with E-state index in [4.69, 9.17) is 19.4 Å². The number of rotatable bonds is 4. The highest BCUT2D eigenvalue weighted by atomic mass is 16.3. The third kappa shape index (κ3) is 4.64. The predicted octanol–water partition coefficient (Wildman–Crippen LogP) is 11.5. The van der Waals surface area contributed by atoms with E-state index in [2.05, 4.69) is 140 Å². The second kappa shape index (κ2) is 11.1. The van der Waals surface area contributed by atoms with Gasteiger partial charge in [-0.25, -0.2) is 15.0 Å². The van der Waals surface area contributed by atoms with E-state index < -0.39 is 0 Å².